The molecule has 1 aromatic rings. The average Bonchev–Trinajstić information content (AvgIpc) is 3.19. The summed E-state index contributed by atoms with van der Waals surface area (Å²) in [4.78, 5) is 12.5. The first-order chi connectivity index (χ1) is 16.7. The highest BCUT2D eigenvalue weighted by atomic mass is 16.3. The Morgan fingerprint density at radius 1 is 1.06 bits per heavy atom. The van der Waals surface area contributed by atoms with E-state index in [1.54, 1.807) is 12.4 Å². The van der Waals surface area contributed by atoms with Gasteiger partial charge in [-0.1, -0.05) is 59.0 Å². The number of rotatable bonds is 9. The van der Waals surface area contributed by atoms with Crippen LogP contribution in [0.2, 0.25) is 0 Å². The minimum atomic E-state index is -0.0598. The molecule has 1 heterocycles. The number of aromatic nitrogens is 2. The molecule has 6 nitrogen and oxygen atoms in total. The van der Waals surface area contributed by atoms with Crippen molar-refractivity contribution in [3.63, 3.8) is 0 Å². The lowest BCUT2D eigenvalue weighted by Gasteiger charge is -2.57. The number of fused-ring (bicyclic) bond motifs is 2. The fourth-order valence-corrected chi connectivity index (χ4v) is 8.91. The van der Waals surface area contributed by atoms with Crippen LogP contribution in [-0.4, -0.2) is 28.2 Å². The standard InChI is InChI=1S/C29H47N5O/c1-19(2)7-6-8-20(3)23-9-10-24-22(17-33-34-30)25(11-12-28(23,24)4)29(5)16-27-26(15-21(29)18-35)31-13-14-32-27/h13-14,19-25,35H,6-12,15-18H2,1-5H3/t20-,21-,22+,23-,24+,25+,28-,29+/m1/s1. The van der Waals surface area contributed by atoms with Crippen LogP contribution in [0.5, 0.6) is 0 Å². The smallest absolute Gasteiger partial charge is 0.0624 e. The summed E-state index contributed by atoms with van der Waals surface area (Å²) in [6, 6.07) is 0. The van der Waals surface area contributed by atoms with Crippen molar-refractivity contribution < 1.29 is 5.11 Å². The Hall–Kier alpha value is -1.65. The van der Waals surface area contributed by atoms with Gasteiger partial charge in [-0.15, -0.1) is 0 Å². The molecule has 3 aliphatic rings. The fraction of sp³-hybridized carbons (Fsp3) is 0.862. The van der Waals surface area contributed by atoms with Gasteiger partial charge in [-0.2, -0.15) is 0 Å². The Morgan fingerprint density at radius 3 is 2.46 bits per heavy atom. The second kappa shape index (κ2) is 10.8. The van der Waals surface area contributed by atoms with Crippen molar-refractivity contribution >= 4 is 0 Å². The molecule has 1 N–H and O–H groups in total. The van der Waals surface area contributed by atoms with Gasteiger partial charge in [0.1, 0.15) is 0 Å². The van der Waals surface area contributed by atoms with Crippen LogP contribution in [0.4, 0.5) is 0 Å². The molecule has 6 heteroatoms. The summed E-state index contributed by atoms with van der Waals surface area (Å²) in [7, 11) is 0. The maximum absolute atomic E-state index is 10.5. The van der Waals surface area contributed by atoms with Crippen LogP contribution in [-0.2, 0) is 12.8 Å². The van der Waals surface area contributed by atoms with E-state index in [1.165, 1.54) is 38.5 Å². The van der Waals surface area contributed by atoms with Gasteiger partial charge in [0.05, 0.1) is 11.4 Å². The summed E-state index contributed by atoms with van der Waals surface area (Å²) in [6.07, 6.45) is 14.1. The Balaban J connectivity index is 1.60. The Kier molecular flexibility index (Phi) is 8.12. The third-order valence-electron chi connectivity index (χ3n) is 10.8. The lowest BCUT2D eigenvalue weighted by molar-refractivity contribution is -0.0766. The van der Waals surface area contributed by atoms with E-state index in [2.05, 4.69) is 49.6 Å². The molecule has 0 amide bonds. The molecule has 0 bridgehead atoms. The predicted octanol–water partition coefficient (Wildman–Crippen LogP) is 7.02. The molecule has 2 fully saturated rings. The Labute approximate surface area is 212 Å². The van der Waals surface area contributed by atoms with Crippen LogP contribution in [0.3, 0.4) is 0 Å². The molecule has 35 heavy (non-hydrogen) atoms. The first-order valence-electron chi connectivity index (χ1n) is 14.1. The molecule has 0 aliphatic heterocycles. The van der Waals surface area contributed by atoms with Gasteiger partial charge in [0.25, 0.3) is 0 Å². The molecule has 1 aromatic heterocycles. The third-order valence-corrected chi connectivity index (χ3v) is 10.8. The van der Waals surface area contributed by atoms with E-state index in [-0.39, 0.29) is 17.9 Å². The van der Waals surface area contributed by atoms with Crippen LogP contribution in [0.1, 0.15) is 91.0 Å². The van der Waals surface area contributed by atoms with Crippen molar-refractivity contribution in [2.75, 3.05) is 13.2 Å². The zero-order valence-electron chi connectivity index (χ0n) is 22.7. The second-order valence-electron chi connectivity index (χ2n) is 13.0. The summed E-state index contributed by atoms with van der Waals surface area (Å²) < 4.78 is 0. The first kappa shape index (κ1) is 26.4. The molecule has 0 unspecified atom stereocenters. The monoisotopic (exact) mass is 481 g/mol. The highest BCUT2D eigenvalue weighted by molar-refractivity contribution is 5.21. The second-order valence-corrected chi connectivity index (χ2v) is 13.0. The maximum Gasteiger partial charge on any atom is 0.0624 e. The highest BCUT2D eigenvalue weighted by Gasteiger charge is 2.58. The topological polar surface area (TPSA) is 94.8 Å². The Morgan fingerprint density at radius 2 is 1.77 bits per heavy atom. The molecule has 0 radical (unpaired) electrons. The lowest BCUT2D eigenvalue weighted by Crippen LogP contribution is -2.53. The van der Waals surface area contributed by atoms with Crippen LogP contribution in [0.15, 0.2) is 17.5 Å². The zero-order valence-corrected chi connectivity index (χ0v) is 22.7. The molecule has 4 rings (SSSR count). The number of hydrogen-bond donors (Lipinski definition) is 1. The molecule has 0 aromatic carbocycles. The van der Waals surface area contributed by atoms with E-state index >= 15 is 0 Å². The van der Waals surface area contributed by atoms with E-state index in [1.807, 2.05) is 0 Å². The van der Waals surface area contributed by atoms with Crippen LogP contribution < -0.4 is 0 Å². The minimum Gasteiger partial charge on any atom is -0.396 e. The molecule has 8 atom stereocenters. The summed E-state index contributed by atoms with van der Waals surface area (Å²) in [5, 5.41) is 14.7. The molecule has 0 saturated heterocycles. The molecule has 0 spiro atoms. The number of nitrogens with zero attached hydrogens (tertiary/aromatic N) is 5. The summed E-state index contributed by atoms with van der Waals surface area (Å²) in [5.74, 6) is 3.84. The van der Waals surface area contributed by atoms with Gasteiger partial charge in [-0.05, 0) is 96.3 Å². The van der Waals surface area contributed by atoms with Crippen LogP contribution in [0, 0.1) is 52.3 Å². The predicted molar refractivity (Wildman–Crippen MR) is 141 cm³/mol. The Bertz CT molecular complexity index is 914. The number of azide groups is 1. The van der Waals surface area contributed by atoms with E-state index < -0.39 is 0 Å². The van der Waals surface area contributed by atoms with E-state index in [4.69, 9.17) is 4.98 Å². The van der Waals surface area contributed by atoms with Gasteiger partial charge >= 0.3 is 0 Å². The average molecular weight is 482 g/mol. The van der Waals surface area contributed by atoms with Crippen LogP contribution in [0.25, 0.3) is 10.4 Å². The first-order valence-corrected chi connectivity index (χ1v) is 14.1. The molecule has 2 saturated carbocycles. The van der Waals surface area contributed by atoms with Gasteiger partial charge in [-0.3, -0.25) is 9.97 Å². The van der Waals surface area contributed by atoms with Crippen molar-refractivity contribution in [1.29, 1.82) is 0 Å². The van der Waals surface area contributed by atoms with Gasteiger partial charge in [0.15, 0.2) is 0 Å². The lowest BCUT2D eigenvalue weighted by atomic mass is 9.48. The maximum atomic E-state index is 10.5. The minimum absolute atomic E-state index is 0.0598. The number of aliphatic hydroxyl groups is 1. The van der Waals surface area contributed by atoms with Gasteiger partial charge in [0.2, 0.25) is 0 Å². The molecular formula is C29H47N5O. The van der Waals surface area contributed by atoms with Crippen molar-refractivity contribution in [3.8, 4) is 0 Å². The molecular weight excluding hydrogens is 434 g/mol. The normalized spacial score (nSPS) is 37.4. The quantitative estimate of drug-likeness (QED) is 0.233. The fourth-order valence-electron chi connectivity index (χ4n) is 8.91. The van der Waals surface area contributed by atoms with Gasteiger partial charge in [0, 0.05) is 30.5 Å². The summed E-state index contributed by atoms with van der Waals surface area (Å²) in [6.45, 7) is 12.8. The van der Waals surface area contributed by atoms with Crippen molar-refractivity contribution in [1.82, 2.24) is 9.97 Å². The highest BCUT2D eigenvalue weighted by Crippen LogP contribution is 2.64. The summed E-state index contributed by atoms with van der Waals surface area (Å²) in [5.41, 5.74) is 11.7. The van der Waals surface area contributed by atoms with E-state index in [0.29, 0.717) is 29.7 Å². The van der Waals surface area contributed by atoms with Crippen molar-refractivity contribution in [2.45, 2.75) is 92.4 Å². The van der Waals surface area contributed by atoms with Gasteiger partial charge < -0.3 is 5.11 Å². The van der Waals surface area contributed by atoms with E-state index in [9.17, 15) is 10.6 Å². The van der Waals surface area contributed by atoms with Crippen molar-refractivity contribution in [2.24, 2.45) is 57.4 Å². The van der Waals surface area contributed by atoms with Gasteiger partial charge in [-0.25, -0.2) is 0 Å². The SMILES string of the molecule is CC(C)CCC[C@@H](C)[C@H]1CC[C@H]2[C@H](CN=[N+]=[N-])[C@@H]([C@@]3(C)Cc4nccnc4C[C@@H]3CO)CC[C@]12C. The van der Waals surface area contributed by atoms with E-state index in [0.717, 1.165) is 48.4 Å². The number of hydrogen-bond acceptors (Lipinski definition) is 4. The largest absolute Gasteiger partial charge is 0.396 e. The summed E-state index contributed by atoms with van der Waals surface area (Å²) >= 11 is 0. The molecule has 3 aliphatic carbocycles. The third kappa shape index (κ3) is 4.98. The number of aliphatic hydroxyl groups excluding tert-OH is 1. The van der Waals surface area contributed by atoms with Crippen molar-refractivity contribution in [3.05, 3.63) is 34.2 Å². The molecule has 194 valence electrons. The van der Waals surface area contributed by atoms with Crippen LogP contribution >= 0.6 is 0 Å². The zero-order chi connectivity index (χ0) is 25.2.